The van der Waals surface area contributed by atoms with E-state index in [4.69, 9.17) is 4.99 Å². The number of hydrogen-bond donors (Lipinski definition) is 1. The van der Waals surface area contributed by atoms with Gasteiger partial charge >= 0.3 is 0 Å². The normalized spacial score (nSPS) is 14.8. The summed E-state index contributed by atoms with van der Waals surface area (Å²) < 4.78 is 2.09. The standard InChI is InChI=1S/C20H30N6.HI/c1-3-19-24-22-16-26(19)14-13-21-20(23-18-11-7-8-12-18)25(2)15-17-9-5-4-6-10-17;/h4-6,9-10,16,18H,3,7-8,11-15H2,1-2H3,(H,21,23);1H. The fraction of sp³-hybridized carbons (Fsp3) is 0.550. The predicted octanol–water partition coefficient (Wildman–Crippen LogP) is 3.48. The molecule has 7 heteroatoms. The SMILES string of the molecule is CCc1nncn1CCN=C(NC1CCCC1)N(C)Cc1ccccc1.I. The van der Waals surface area contributed by atoms with E-state index >= 15 is 0 Å². The number of hydrogen-bond acceptors (Lipinski definition) is 3. The van der Waals surface area contributed by atoms with Crippen molar-refractivity contribution in [3.8, 4) is 0 Å². The number of aliphatic imine (C=N–C) groups is 1. The molecule has 1 aliphatic rings. The molecule has 0 radical (unpaired) electrons. The third-order valence-corrected chi connectivity index (χ3v) is 4.93. The van der Waals surface area contributed by atoms with E-state index in [0.717, 1.165) is 37.8 Å². The highest BCUT2D eigenvalue weighted by molar-refractivity contribution is 14.0. The zero-order valence-corrected chi connectivity index (χ0v) is 18.7. The topological polar surface area (TPSA) is 58.3 Å². The van der Waals surface area contributed by atoms with Gasteiger partial charge in [0, 0.05) is 32.6 Å². The summed E-state index contributed by atoms with van der Waals surface area (Å²) >= 11 is 0. The Morgan fingerprint density at radius 3 is 2.70 bits per heavy atom. The first-order chi connectivity index (χ1) is 12.8. The Balaban J connectivity index is 0.00000261. The third-order valence-electron chi connectivity index (χ3n) is 4.93. The fourth-order valence-corrected chi connectivity index (χ4v) is 3.46. The van der Waals surface area contributed by atoms with Gasteiger partial charge in [0.1, 0.15) is 12.2 Å². The fourth-order valence-electron chi connectivity index (χ4n) is 3.46. The summed E-state index contributed by atoms with van der Waals surface area (Å²) in [5.74, 6) is 2.01. The molecular weight excluding hydrogens is 451 g/mol. The minimum atomic E-state index is 0. The lowest BCUT2D eigenvalue weighted by Crippen LogP contribution is -2.43. The van der Waals surface area contributed by atoms with Crippen LogP contribution >= 0.6 is 24.0 Å². The first-order valence-electron chi connectivity index (χ1n) is 9.69. The molecule has 148 valence electrons. The van der Waals surface area contributed by atoms with Crippen LogP contribution in [-0.4, -0.2) is 45.3 Å². The lowest BCUT2D eigenvalue weighted by molar-refractivity contribution is 0.456. The van der Waals surface area contributed by atoms with Crippen LogP contribution in [0.25, 0.3) is 0 Å². The van der Waals surface area contributed by atoms with E-state index in [0.29, 0.717) is 6.04 Å². The molecule has 0 saturated heterocycles. The number of nitrogens with one attached hydrogen (secondary N) is 1. The van der Waals surface area contributed by atoms with Crippen LogP contribution in [0.3, 0.4) is 0 Å². The van der Waals surface area contributed by atoms with Crippen LogP contribution in [0.5, 0.6) is 0 Å². The van der Waals surface area contributed by atoms with E-state index in [1.54, 1.807) is 6.33 Å². The van der Waals surface area contributed by atoms with E-state index in [1.165, 1.54) is 31.2 Å². The Labute approximate surface area is 179 Å². The quantitative estimate of drug-likeness (QED) is 0.373. The molecule has 0 unspecified atom stereocenters. The number of aromatic nitrogens is 3. The molecule has 3 rings (SSSR count). The molecule has 0 bridgehead atoms. The van der Waals surface area contributed by atoms with Crippen LogP contribution in [0.15, 0.2) is 41.7 Å². The molecule has 1 N–H and O–H groups in total. The van der Waals surface area contributed by atoms with E-state index in [2.05, 4.69) is 69.3 Å². The number of aryl methyl sites for hydroxylation is 1. The monoisotopic (exact) mass is 482 g/mol. The first kappa shape index (κ1) is 21.7. The van der Waals surface area contributed by atoms with Crippen molar-refractivity contribution < 1.29 is 0 Å². The lowest BCUT2D eigenvalue weighted by Gasteiger charge is -2.25. The van der Waals surface area contributed by atoms with Crippen LogP contribution in [0.4, 0.5) is 0 Å². The minimum Gasteiger partial charge on any atom is -0.354 e. The van der Waals surface area contributed by atoms with E-state index in [9.17, 15) is 0 Å². The molecule has 1 aromatic heterocycles. The molecule has 1 saturated carbocycles. The molecule has 6 nitrogen and oxygen atoms in total. The Bertz CT molecular complexity index is 694. The highest BCUT2D eigenvalue weighted by Gasteiger charge is 2.18. The molecule has 0 atom stereocenters. The van der Waals surface area contributed by atoms with Gasteiger partial charge in [0.2, 0.25) is 0 Å². The zero-order chi connectivity index (χ0) is 18.2. The molecule has 0 aliphatic heterocycles. The Hall–Kier alpha value is -1.64. The summed E-state index contributed by atoms with van der Waals surface area (Å²) in [6.07, 6.45) is 7.80. The second kappa shape index (κ2) is 11.3. The molecule has 2 aromatic rings. The van der Waals surface area contributed by atoms with Crippen LogP contribution in [0.2, 0.25) is 0 Å². The number of halogens is 1. The molecule has 27 heavy (non-hydrogen) atoms. The van der Waals surface area contributed by atoms with Crippen molar-refractivity contribution in [2.24, 2.45) is 4.99 Å². The van der Waals surface area contributed by atoms with Crippen LogP contribution in [-0.2, 0) is 19.5 Å². The van der Waals surface area contributed by atoms with Crippen molar-refractivity contribution >= 4 is 29.9 Å². The van der Waals surface area contributed by atoms with Gasteiger partial charge in [0.15, 0.2) is 5.96 Å². The van der Waals surface area contributed by atoms with E-state index in [-0.39, 0.29) is 24.0 Å². The second-order valence-electron chi connectivity index (χ2n) is 6.97. The van der Waals surface area contributed by atoms with Crippen molar-refractivity contribution in [3.63, 3.8) is 0 Å². The maximum absolute atomic E-state index is 4.89. The lowest BCUT2D eigenvalue weighted by atomic mass is 10.2. The molecule has 1 heterocycles. The maximum Gasteiger partial charge on any atom is 0.194 e. The Kier molecular flexibility index (Phi) is 9.03. The molecule has 1 aromatic carbocycles. The molecule has 1 aliphatic carbocycles. The maximum atomic E-state index is 4.89. The van der Waals surface area contributed by atoms with Gasteiger partial charge in [-0.3, -0.25) is 4.99 Å². The summed E-state index contributed by atoms with van der Waals surface area (Å²) in [4.78, 5) is 7.11. The highest BCUT2D eigenvalue weighted by atomic mass is 127. The first-order valence-corrected chi connectivity index (χ1v) is 9.69. The second-order valence-corrected chi connectivity index (χ2v) is 6.97. The average molecular weight is 482 g/mol. The van der Waals surface area contributed by atoms with Crippen molar-refractivity contribution in [1.29, 1.82) is 0 Å². The summed E-state index contributed by atoms with van der Waals surface area (Å²) in [6, 6.07) is 11.1. The van der Waals surface area contributed by atoms with Gasteiger partial charge in [-0.25, -0.2) is 0 Å². The van der Waals surface area contributed by atoms with Crippen molar-refractivity contribution in [3.05, 3.63) is 48.0 Å². The largest absolute Gasteiger partial charge is 0.354 e. The highest BCUT2D eigenvalue weighted by Crippen LogP contribution is 2.18. The minimum absolute atomic E-state index is 0. The van der Waals surface area contributed by atoms with Gasteiger partial charge in [-0.05, 0) is 18.4 Å². The van der Waals surface area contributed by atoms with Crippen molar-refractivity contribution in [2.45, 2.75) is 58.2 Å². The number of benzene rings is 1. The summed E-state index contributed by atoms with van der Waals surface area (Å²) in [7, 11) is 2.12. The zero-order valence-electron chi connectivity index (χ0n) is 16.3. The van der Waals surface area contributed by atoms with Gasteiger partial charge in [-0.15, -0.1) is 34.2 Å². The van der Waals surface area contributed by atoms with Gasteiger partial charge in [0.25, 0.3) is 0 Å². The Morgan fingerprint density at radius 2 is 2.00 bits per heavy atom. The summed E-state index contributed by atoms with van der Waals surface area (Å²) in [5.41, 5.74) is 1.29. The third kappa shape index (κ3) is 6.48. The van der Waals surface area contributed by atoms with Crippen molar-refractivity contribution in [1.82, 2.24) is 25.0 Å². The summed E-state index contributed by atoms with van der Waals surface area (Å²) in [6.45, 7) is 4.49. The molecular formula is C20H31IN6. The Morgan fingerprint density at radius 1 is 1.26 bits per heavy atom. The van der Waals surface area contributed by atoms with E-state index < -0.39 is 0 Å². The van der Waals surface area contributed by atoms with Gasteiger partial charge in [-0.2, -0.15) is 0 Å². The van der Waals surface area contributed by atoms with Gasteiger partial charge < -0.3 is 14.8 Å². The van der Waals surface area contributed by atoms with Crippen molar-refractivity contribution in [2.75, 3.05) is 13.6 Å². The van der Waals surface area contributed by atoms with Crippen LogP contribution in [0, 0.1) is 0 Å². The number of rotatable bonds is 7. The van der Waals surface area contributed by atoms with Crippen LogP contribution in [0.1, 0.15) is 44.0 Å². The van der Waals surface area contributed by atoms with E-state index in [1.807, 2.05) is 0 Å². The van der Waals surface area contributed by atoms with Crippen LogP contribution < -0.4 is 5.32 Å². The van der Waals surface area contributed by atoms with Gasteiger partial charge in [-0.1, -0.05) is 50.1 Å². The van der Waals surface area contributed by atoms with Gasteiger partial charge in [0.05, 0.1) is 6.54 Å². The number of nitrogens with zero attached hydrogens (tertiary/aromatic N) is 5. The summed E-state index contributed by atoms with van der Waals surface area (Å²) in [5, 5.41) is 11.8. The predicted molar refractivity (Wildman–Crippen MR) is 120 cm³/mol. The molecule has 1 fully saturated rings. The molecule has 0 spiro atoms. The number of guanidine groups is 1. The molecule has 0 amide bonds. The smallest absolute Gasteiger partial charge is 0.194 e. The average Bonchev–Trinajstić information content (AvgIpc) is 3.33.